The van der Waals surface area contributed by atoms with Crippen LogP contribution in [-0.2, 0) is 9.53 Å². The molecule has 0 bridgehead atoms. The van der Waals surface area contributed by atoms with E-state index in [9.17, 15) is 14.3 Å². The highest BCUT2D eigenvalue weighted by Gasteiger charge is 2.25. The van der Waals surface area contributed by atoms with Crippen LogP contribution in [0.3, 0.4) is 0 Å². The van der Waals surface area contributed by atoms with Gasteiger partial charge in [0, 0.05) is 11.6 Å². The number of phenols is 1. The molecule has 1 N–H and O–H groups in total. The first-order valence-electron chi connectivity index (χ1n) is 6.36. The fraction of sp³-hybridized carbons (Fsp3) is 0.188. The van der Waals surface area contributed by atoms with Crippen LogP contribution in [0.2, 0.25) is 0 Å². The average molecular weight is 290 g/mol. The third kappa shape index (κ3) is 3.72. The maximum absolute atomic E-state index is 13.8. The van der Waals surface area contributed by atoms with Crippen molar-refractivity contribution in [3.63, 3.8) is 0 Å². The number of benzene rings is 2. The van der Waals surface area contributed by atoms with Gasteiger partial charge in [-0.1, -0.05) is 24.3 Å². The molecule has 0 fully saturated rings. The van der Waals surface area contributed by atoms with Gasteiger partial charge in [-0.3, -0.25) is 4.79 Å². The molecule has 0 aliphatic heterocycles. The zero-order valence-corrected chi connectivity index (χ0v) is 11.5. The van der Waals surface area contributed by atoms with E-state index in [0.717, 1.165) is 0 Å². The van der Waals surface area contributed by atoms with Crippen molar-refractivity contribution in [2.45, 2.75) is 5.92 Å². The number of methoxy groups -OCH3 is 1. The highest BCUT2D eigenvalue weighted by molar-refractivity contribution is 5.78. The largest absolute Gasteiger partial charge is 0.508 e. The van der Waals surface area contributed by atoms with E-state index >= 15 is 0 Å². The van der Waals surface area contributed by atoms with Crippen LogP contribution in [0.4, 0.5) is 4.39 Å². The minimum Gasteiger partial charge on any atom is -0.508 e. The van der Waals surface area contributed by atoms with Crippen molar-refractivity contribution < 1.29 is 23.8 Å². The third-order valence-electron chi connectivity index (χ3n) is 3.00. The Labute approximate surface area is 121 Å². The number of halogens is 1. The molecule has 110 valence electrons. The van der Waals surface area contributed by atoms with E-state index in [2.05, 4.69) is 0 Å². The molecule has 0 amide bonds. The highest BCUT2D eigenvalue weighted by Crippen LogP contribution is 2.24. The Balaban J connectivity index is 2.18. The Bertz CT molecular complexity index is 627. The summed E-state index contributed by atoms with van der Waals surface area (Å²) in [6.07, 6.45) is 0. The molecule has 0 aliphatic rings. The number of hydrogen-bond donors (Lipinski definition) is 1. The summed E-state index contributed by atoms with van der Waals surface area (Å²) in [6, 6.07) is 12.1. The van der Waals surface area contributed by atoms with E-state index in [4.69, 9.17) is 9.47 Å². The van der Waals surface area contributed by atoms with E-state index in [0.29, 0.717) is 5.75 Å². The molecule has 0 saturated carbocycles. The average Bonchev–Trinajstić information content (AvgIpc) is 2.49. The topological polar surface area (TPSA) is 55.8 Å². The second-order valence-electron chi connectivity index (χ2n) is 4.41. The fourth-order valence-electron chi connectivity index (χ4n) is 1.94. The molecule has 2 rings (SSSR count). The number of rotatable bonds is 5. The van der Waals surface area contributed by atoms with Gasteiger partial charge in [0.25, 0.3) is 0 Å². The monoisotopic (exact) mass is 290 g/mol. The van der Waals surface area contributed by atoms with Crippen molar-refractivity contribution in [1.82, 2.24) is 0 Å². The molecule has 1 unspecified atom stereocenters. The molecule has 4 nitrogen and oxygen atoms in total. The Hall–Kier alpha value is -2.56. The lowest BCUT2D eigenvalue weighted by Gasteiger charge is -2.16. The number of ether oxygens (including phenoxy) is 2. The maximum atomic E-state index is 13.8. The van der Waals surface area contributed by atoms with E-state index in [1.54, 1.807) is 24.3 Å². The smallest absolute Gasteiger partial charge is 0.316 e. The van der Waals surface area contributed by atoms with Crippen molar-refractivity contribution >= 4 is 5.97 Å². The summed E-state index contributed by atoms with van der Waals surface area (Å²) in [5, 5.41) is 9.36. The van der Waals surface area contributed by atoms with Crippen molar-refractivity contribution in [3.8, 4) is 11.5 Å². The lowest BCUT2D eigenvalue weighted by molar-refractivity contribution is -0.143. The van der Waals surface area contributed by atoms with Gasteiger partial charge in [0.2, 0.25) is 0 Å². The maximum Gasteiger partial charge on any atom is 0.316 e. The van der Waals surface area contributed by atoms with Crippen LogP contribution in [0.5, 0.6) is 11.5 Å². The summed E-state index contributed by atoms with van der Waals surface area (Å²) in [5.74, 6) is -1.51. The highest BCUT2D eigenvalue weighted by atomic mass is 19.1. The predicted molar refractivity (Wildman–Crippen MR) is 74.8 cm³/mol. The quantitative estimate of drug-likeness (QED) is 0.860. The van der Waals surface area contributed by atoms with Crippen LogP contribution in [0, 0.1) is 5.82 Å². The molecular formula is C16H15FO4. The van der Waals surface area contributed by atoms with Gasteiger partial charge in [0.05, 0.1) is 7.11 Å². The van der Waals surface area contributed by atoms with Crippen molar-refractivity contribution in [1.29, 1.82) is 0 Å². The Kier molecular flexibility index (Phi) is 4.77. The molecule has 5 heteroatoms. The summed E-state index contributed by atoms with van der Waals surface area (Å²) >= 11 is 0. The van der Waals surface area contributed by atoms with Gasteiger partial charge in [0.15, 0.2) is 0 Å². The van der Waals surface area contributed by atoms with Gasteiger partial charge in [-0.15, -0.1) is 0 Å². The number of aromatic hydroxyl groups is 1. The molecule has 0 aromatic heterocycles. The second-order valence-corrected chi connectivity index (χ2v) is 4.41. The zero-order chi connectivity index (χ0) is 15.2. The van der Waals surface area contributed by atoms with Crippen LogP contribution < -0.4 is 4.74 Å². The molecule has 2 aromatic rings. The SMILES string of the molecule is COC(=O)C(COc1cccc(O)c1)c1ccccc1F. The number of hydrogen-bond acceptors (Lipinski definition) is 4. The molecule has 2 aromatic carbocycles. The summed E-state index contributed by atoms with van der Waals surface area (Å²) in [7, 11) is 1.24. The normalized spacial score (nSPS) is 11.7. The lowest BCUT2D eigenvalue weighted by atomic mass is 9.99. The number of carbonyl (C=O) groups excluding carboxylic acids is 1. The van der Waals surface area contributed by atoms with Crippen LogP contribution in [0.25, 0.3) is 0 Å². The molecule has 0 aliphatic carbocycles. The third-order valence-corrected chi connectivity index (χ3v) is 3.00. The van der Waals surface area contributed by atoms with Crippen LogP contribution in [-0.4, -0.2) is 24.8 Å². The van der Waals surface area contributed by atoms with Crippen LogP contribution >= 0.6 is 0 Å². The van der Waals surface area contributed by atoms with E-state index in [1.807, 2.05) is 0 Å². The van der Waals surface area contributed by atoms with Gasteiger partial charge in [-0.25, -0.2) is 4.39 Å². The van der Waals surface area contributed by atoms with Crippen LogP contribution in [0.1, 0.15) is 11.5 Å². The molecule has 0 spiro atoms. The Morgan fingerprint density at radius 1 is 1.24 bits per heavy atom. The Morgan fingerprint density at radius 2 is 2.00 bits per heavy atom. The first-order valence-corrected chi connectivity index (χ1v) is 6.36. The van der Waals surface area contributed by atoms with Crippen LogP contribution in [0.15, 0.2) is 48.5 Å². The number of esters is 1. The van der Waals surface area contributed by atoms with Gasteiger partial charge in [-0.2, -0.15) is 0 Å². The first-order chi connectivity index (χ1) is 10.1. The number of carbonyl (C=O) groups is 1. The van der Waals surface area contributed by atoms with E-state index in [-0.39, 0.29) is 17.9 Å². The summed E-state index contributed by atoms with van der Waals surface area (Å²) < 4.78 is 24.0. The molecular weight excluding hydrogens is 275 g/mol. The second kappa shape index (κ2) is 6.74. The van der Waals surface area contributed by atoms with Crippen molar-refractivity contribution in [3.05, 3.63) is 59.9 Å². The van der Waals surface area contributed by atoms with E-state index in [1.165, 1.54) is 31.4 Å². The minimum absolute atomic E-state index is 0.0491. The zero-order valence-electron chi connectivity index (χ0n) is 11.5. The summed E-state index contributed by atoms with van der Waals surface area (Å²) in [5.41, 5.74) is 0.213. The summed E-state index contributed by atoms with van der Waals surface area (Å²) in [6.45, 7) is -0.0862. The molecule has 0 saturated heterocycles. The Morgan fingerprint density at radius 3 is 2.67 bits per heavy atom. The van der Waals surface area contributed by atoms with Gasteiger partial charge >= 0.3 is 5.97 Å². The van der Waals surface area contributed by atoms with E-state index < -0.39 is 17.7 Å². The predicted octanol–water partition coefficient (Wildman–Crippen LogP) is 2.87. The first kappa shape index (κ1) is 14.8. The molecule has 0 heterocycles. The standard InChI is InChI=1S/C16H15FO4/c1-20-16(19)14(13-7-2-3-8-15(13)17)10-21-12-6-4-5-11(18)9-12/h2-9,14,18H,10H2,1H3. The van der Waals surface area contributed by atoms with Gasteiger partial charge in [0.1, 0.15) is 29.8 Å². The fourth-order valence-corrected chi connectivity index (χ4v) is 1.94. The van der Waals surface area contributed by atoms with Gasteiger partial charge < -0.3 is 14.6 Å². The molecule has 21 heavy (non-hydrogen) atoms. The van der Waals surface area contributed by atoms with Gasteiger partial charge in [-0.05, 0) is 18.2 Å². The van der Waals surface area contributed by atoms with Crippen molar-refractivity contribution in [2.75, 3.05) is 13.7 Å². The molecule has 0 radical (unpaired) electrons. The lowest BCUT2D eigenvalue weighted by Crippen LogP contribution is -2.22. The number of phenolic OH excluding ortho intramolecular Hbond substituents is 1. The molecule has 1 atom stereocenters. The van der Waals surface area contributed by atoms with Crippen molar-refractivity contribution in [2.24, 2.45) is 0 Å². The minimum atomic E-state index is -0.876. The summed E-state index contributed by atoms with van der Waals surface area (Å²) in [4.78, 5) is 11.8.